The SMILES string of the molecule is N#Cc1ccncc1C1=CC(C2=C(N3C/C=C\C=C/CSc4ccccc43)CCC=C2)=CCC1. The number of hydrogen-bond donors (Lipinski definition) is 0. The smallest absolute Gasteiger partial charge is 0.0999 e. The summed E-state index contributed by atoms with van der Waals surface area (Å²) < 4.78 is 0. The number of anilines is 1. The van der Waals surface area contributed by atoms with Crippen molar-refractivity contribution in [1.29, 1.82) is 5.26 Å². The van der Waals surface area contributed by atoms with Crippen LogP contribution in [0.3, 0.4) is 0 Å². The Bertz CT molecular complexity index is 1300. The van der Waals surface area contributed by atoms with Crippen LogP contribution in [0.2, 0.25) is 0 Å². The van der Waals surface area contributed by atoms with Crippen LogP contribution >= 0.6 is 11.8 Å². The number of rotatable bonds is 3. The Morgan fingerprint density at radius 3 is 2.85 bits per heavy atom. The van der Waals surface area contributed by atoms with Crippen molar-refractivity contribution in [2.75, 3.05) is 17.2 Å². The molecule has 1 aliphatic heterocycles. The number of para-hydroxylation sites is 1. The summed E-state index contributed by atoms with van der Waals surface area (Å²) in [5.74, 6) is 0.963. The van der Waals surface area contributed by atoms with Crippen molar-refractivity contribution in [1.82, 2.24) is 4.98 Å². The molecule has 0 saturated heterocycles. The molecule has 3 nitrogen and oxygen atoms in total. The van der Waals surface area contributed by atoms with Crippen LogP contribution in [0.15, 0.2) is 113 Å². The predicted octanol–water partition coefficient (Wildman–Crippen LogP) is 7.39. The first-order valence-corrected chi connectivity index (χ1v) is 12.8. The van der Waals surface area contributed by atoms with Gasteiger partial charge < -0.3 is 4.90 Å². The monoisotopic (exact) mass is 461 g/mol. The molecular formula is C30H27N3S. The third-order valence-electron chi connectivity index (χ3n) is 6.34. The van der Waals surface area contributed by atoms with E-state index in [1.165, 1.54) is 33.0 Å². The van der Waals surface area contributed by atoms with Gasteiger partial charge in [0.2, 0.25) is 0 Å². The van der Waals surface area contributed by atoms with Gasteiger partial charge in [0.1, 0.15) is 0 Å². The second-order valence-electron chi connectivity index (χ2n) is 8.45. The van der Waals surface area contributed by atoms with Crippen molar-refractivity contribution in [3.05, 3.63) is 119 Å². The van der Waals surface area contributed by atoms with Gasteiger partial charge in [-0.05, 0) is 55.0 Å². The molecule has 0 N–H and O–H groups in total. The van der Waals surface area contributed by atoms with Gasteiger partial charge in [0.25, 0.3) is 0 Å². The summed E-state index contributed by atoms with van der Waals surface area (Å²) in [6, 6.07) is 12.9. The molecule has 0 unspecified atom stereocenters. The third-order valence-corrected chi connectivity index (χ3v) is 7.35. The van der Waals surface area contributed by atoms with Crippen LogP contribution in [0.1, 0.15) is 36.8 Å². The van der Waals surface area contributed by atoms with E-state index >= 15 is 0 Å². The van der Waals surface area contributed by atoms with Crippen molar-refractivity contribution in [2.24, 2.45) is 0 Å². The van der Waals surface area contributed by atoms with Crippen LogP contribution in [0.25, 0.3) is 5.57 Å². The predicted molar refractivity (Wildman–Crippen MR) is 142 cm³/mol. The Morgan fingerprint density at radius 2 is 1.91 bits per heavy atom. The molecule has 2 heterocycles. The van der Waals surface area contributed by atoms with E-state index < -0.39 is 0 Å². The Labute approximate surface area is 206 Å². The lowest BCUT2D eigenvalue weighted by atomic mass is 9.86. The zero-order valence-corrected chi connectivity index (χ0v) is 20.0. The van der Waals surface area contributed by atoms with Gasteiger partial charge in [0, 0.05) is 46.4 Å². The Balaban J connectivity index is 1.60. The molecule has 0 radical (unpaired) electrons. The van der Waals surface area contributed by atoms with Crippen molar-refractivity contribution < 1.29 is 0 Å². The first-order valence-electron chi connectivity index (χ1n) is 11.8. The largest absolute Gasteiger partial charge is 0.340 e. The molecular weight excluding hydrogens is 434 g/mol. The number of nitriles is 1. The van der Waals surface area contributed by atoms with E-state index in [4.69, 9.17) is 0 Å². The van der Waals surface area contributed by atoms with E-state index in [9.17, 15) is 5.26 Å². The Morgan fingerprint density at radius 1 is 1.00 bits per heavy atom. The number of thioether (sulfide) groups is 1. The first-order chi connectivity index (χ1) is 16.8. The molecule has 0 atom stereocenters. The summed E-state index contributed by atoms with van der Waals surface area (Å²) >= 11 is 1.88. The standard InChI is InChI=1S/C30H27N3S/c31-21-25-16-17-32-22-27(25)24-11-9-10-23(20-24)26-12-3-4-13-28(26)33-18-7-1-2-8-19-34-30-15-6-5-14-29(30)33/h1-3,5-8,10,12,14-17,20,22H,4,9,11,13,18-19H2/b7-1-,8-2-. The zero-order valence-electron chi connectivity index (χ0n) is 19.2. The summed E-state index contributed by atoms with van der Waals surface area (Å²) in [7, 11) is 0. The highest BCUT2D eigenvalue weighted by molar-refractivity contribution is 7.99. The summed E-state index contributed by atoms with van der Waals surface area (Å²) in [4.78, 5) is 8.10. The molecule has 0 bridgehead atoms. The van der Waals surface area contributed by atoms with Crippen LogP contribution in [0, 0.1) is 11.3 Å². The van der Waals surface area contributed by atoms with Crippen molar-refractivity contribution in [3.63, 3.8) is 0 Å². The molecule has 0 amide bonds. The van der Waals surface area contributed by atoms with Gasteiger partial charge in [-0.25, -0.2) is 0 Å². The molecule has 0 spiro atoms. The second kappa shape index (κ2) is 10.6. The Hall–Kier alpha value is -3.55. The first kappa shape index (κ1) is 22.3. The van der Waals surface area contributed by atoms with E-state index in [0.717, 1.165) is 43.5 Å². The lowest BCUT2D eigenvalue weighted by Gasteiger charge is -2.32. The second-order valence-corrected chi connectivity index (χ2v) is 9.51. The molecule has 0 fully saturated rings. The van der Waals surface area contributed by atoms with Crippen LogP contribution in [-0.2, 0) is 0 Å². The van der Waals surface area contributed by atoms with E-state index in [0.29, 0.717) is 5.56 Å². The van der Waals surface area contributed by atoms with Gasteiger partial charge >= 0.3 is 0 Å². The Kier molecular flexibility index (Phi) is 6.93. The highest BCUT2D eigenvalue weighted by Crippen LogP contribution is 2.39. The van der Waals surface area contributed by atoms with Crippen LogP contribution in [0.4, 0.5) is 5.69 Å². The molecule has 4 heteroatoms. The van der Waals surface area contributed by atoms with E-state index in [1.807, 2.05) is 18.0 Å². The number of allylic oxidation sites excluding steroid dienone is 10. The average molecular weight is 462 g/mol. The maximum absolute atomic E-state index is 9.60. The van der Waals surface area contributed by atoms with Crippen LogP contribution < -0.4 is 4.90 Å². The van der Waals surface area contributed by atoms with Gasteiger partial charge in [-0.3, -0.25) is 4.98 Å². The minimum Gasteiger partial charge on any atom is -0.340 e. The normalized spacial score (nSPS) is 20.0. The molecule has 0 saturated carbocycles. The minimum absolute atomic E-state index is 0.691. The van der Waals surface area contributed by atoms with Crippen molar-refractivity contribution in [2.45, 2.75) is 30.6 Å². The fourth-order valence-electron chi connectivity index (χ4n) is 4.72. The van der Waals surface area contributed by atoms with Gasteiger partial charge in [-0.15, -0.1) is 11.8 Å². The molecule has 5 rings (SSSR count). The topological polar surface area (TPSA) is 39.9 Å². The number of benzene rings is 1. The highest BCUT2D eigenvalue weighted by Gasteiger charge is 2.22. The average Bonchev–Trinajstić information content (AvgIpc) is 2.91. The maximum atomic E-state index is 9.60. The van der Waals surface area contributed by atoms with Crippen LogP contribution in [-0.4, -0.2) is 17.3 Å². The molecule has 1 aromatic heterocycles. The minimum atomic E-state index is 0.691. The maximum Gasteiger partial charge on any atom is 0.0999 e. The third kappa shape index (κ3) is 4.71. The number of aromatic nitrogens is 1. The summed E-state index contributed by atoms with van der Waals surface area (Å²) in [5, 5.41) is 9.60. The highest BCUT2D eigenvalue weighted by atomic mass is 32.2. The fourth-order valence-corrected chi connectivity index (χ4v) is 5.61. The zero-order chi connectivity index (χ0) is 23.2. The molecule has 168 valence electrons. The lowest BCUT2D eigenvalue weighted by molar-refractivity contribution is 0.847. The molecule has 34 heavy (non-hydrogen) atoms. The lowest BCUT2D eigenvalue weighted by Crippen LogP contribution is -2.26. The van der Waals surface area contributed by atoms with E-state index in [2.05, 4.69) is 88.8 Å². The summed E-state index contributed by atoms with van der Waals surface area (Å²) in [6.45, 7) is 0.833. The molecule has 1 aromatic carbocycles. The van der Waals surface area contributed by atoms with E-state index in [-0.39, 0.29) is 0 Å². The fraction of sp³-hybridized carbons (Fsp3) is 0.200. The molecule has 3 aliphatic rings. The van der Waals surface area contributed by atoms with Gasteiger partial charge in [-0.2, -0.15) is 5.26 Å². The summed E-state index contributed by atoms with van der Waals surface area (Å²) in [6.07, 6.45) is 25.4. The van der Waals surface area contributed by atoms with Crippen molar-refractivity contribution >= 4 is 23.0 Å². The van der Waals surface area contributed by atoms with Gasteiger partial charge in [-0.1, -0.05) is 60.7 Å². The van der Waals surface area contributed by atoms with Crippen molar-refractivity contribution in [3.8, 4) is 6.07 Å². The van der Waals surface area contributed by atoms with Crippen LogP contribution in [0.5, 0.6) is 0 Å². The molecule has 2 aliphatic carbocycles. The number of hydrogen-bond acceptors (Lipinski definition) is 4. The molecule has 2 aromatic rings. The quantitative estimate of drug-likeness (QED) is 0.478. The summed E-state index contributed by atoms with van der Waals surface area (Å²) in [5.41, 5.74) is 7.99. The van der Waals surface area contributed by atoms with E-state index in [1.54, 1.807) is 12.3 Å². The van der Waals surface area contributed by atoms with Gasteiger partial charge in [0.05, 0.1) is 17.3 Å². The number of nitrogens with zero attached hydrogens (tertiary/aromatic N) is 3. The number of fused-ring (bicyclic) bond motifs is 1. The van der Waals surface area contributed by atoms with Gasteiger partial charge in [0.15, 0.2) is 0 Å². The number of pyridine rings is 1.